The zero-order valence-corrected chi connectivity index (χ0v) is 13.2. The minimum absolute atomic E-state index is 0.234. The number of amides is 1. The van der Waals surface area contributed by atoms with Gasteiger partial charge in [-0.05, 0) is 37.6 Å². The zero-order valence-electron chi connectivity index (χ0n) is 11.1. The van der Waals surface area contributed by atoms with Crippen molar-refractivity contribution >= 4 is 34.2 Å². The largest absolute Gasteiger partial charge is 0.494 e. The number of hydrogen-bond acceptors (Lipinski definition) is 4. The van der Waals surface area contributed by atoms with Crippen molar-refractivity contribution in [2.75, 3.05) is 16.4 Å². The summed E-state index contributed by atoms with van der Waals surface area (Å²) in [5.41, 5.74) is 1.14. The van der Waals surface area contributed by atoms with Gasteiger partial charge in [-0.3, -0.25) is 4.79 Å². The van der Waals surface area contributed by atoms with E-state index in [0.717, 1.165) is 16.6 Å². The summed E-state index contributed by atoms with van der Waals surface area (Å²) in [6.45, 7) is 2.40. The molecule has 0 saturated carbocycles. The minimum Gasteiger partial charge on any atom is -0.494 e. The SMILES string of the molecule is Cc1oncc1C(=O)Nc1ccc(OCCCI)cc1. The third-order valence-electron chi connectivity index (χ3n) is 2.65. The van der Waals surface area contributed by atoms with E-state index in [-0.39, 0.29) is 5.91 Å². The molecule has 5 nitrogen and oxygen atoms in total. The average molecular weight is 386 g/mol. The first kappa shape index (κ1) is 14.8. The third-order valence-corrected chi connectivity index (χ3v) is 3.42. The number of benzene rings is 1. The molecule has 0 aliphatic carbocycles. The second-order valence-corrected chi connectivity index (χ2v) is 5.24. The maximum Gasteiger partial charge on any atom is 0.260 e. The van der Waals surface area contributed by atoms with Gasteiger partial charge in [0.25, 0.3) is 5.91 Å². The van der Waals surface area contributed by atoms with E-state index in [9.17, 15) is 4.79 Å². The van der Waals surface area contributed by atoms with Crippen LogP contribution in [0.2, 0.25) is 0 Å². The fourth-order valence-corrected chi connectivity index (χ4v) is 1.91. The van der Waals surface area contributed by atoms with E-state index in [0.29, 0.717) is 23.6 Å². The van der Waals surface area contributed by atoms with Crippen molar-refractivity contribution in [1.82, 2.24) is 5.16 Å². The summed E-state index contributed by atoms with van der Waals surface area (Å²) in [5.74, 6) is 1.07. The van der Waals surface area contributed by atoms with Gasteiger partial charge >= 0.3 is 0 Å². The molecular weight excluding hydrogens is 371 g/mol. The Hall–Kier alpha value is -1.57. The number of anilines is 1. The highest BCUT2D eigenvalue weighted by molar-refractivity contribution is 14.1. The van der Waals surface area contributed by atoms with Gasteiger partial charge in [-0.2, -0.15) is 0 Å². The average Bonchev–Trinajstić information content (AvgIpc) is 2.87. The number of carbonyl (C=O) groups excluding carboxylic acids is 1. The van der Waals surface area contributed by atoms with Gasteiger partial charge in [0.15, 0.2) is 0 Å². The van der Waals surface area contributed by atoms with E-state index in [4.69, 9.17) is 9.26 Å². The first-order valence-electron chi connectivity index (χ1n) is 6.22. The number of alkyl halides is 1. The van der Waals surface area contributed by atoms with Crippen LogP contribution in [0.4, 0.5) is 5.69 Å². The standard InChI is InChI=1S/C14H15IN2O3/c1-10-13(9-16-20-10)14(18)17-11-3-5-12(6-4-11)19-8-2-7-15/h3-6,9H,2,7-8H2,1H3,(H,17,18). The van der Waals surface area contributed by atoms with Gasteiger partial charge in [-0.1, -0.05) is 27.7 Å². The van der Waals surface area contributed by atoms with Crippen LogP contribution in [0.25, 0.3) is 0 Å². The highest BCUT2D eigenvalue weighted by atomic mass is 127. The second-order valence-electron chi connectivity index (χ2n) is 4.17. The minimum atomic E-state index is -0.234. The van der Waals surface area contributed by atoms with E-state index in [1.165, 1.54) is 6.20 Å². The van der Waals surface area contributed by atoms with E-state index < -0.39 is 0 Å². The molecule has 6 heteroatoms. The van der Waals surface area contributed by atoms with Gasteiger partial charge < -0.3 is 14.6 Å². The van der Waals surface area contributed by atoms with Crippen LogP contribution in [0, 0.1) is 6.92 Å². The normalized spacial score (nSPS) is 10.3. The topological polar surface area (TPSA) is 64.4 Å². The number of nitrogens with one attached hydrogen (secondary N) is 1. The van der Waals surface area contributed by atoms with Gasteiger partial charge in [0.1, 0.15) is 17.1 Å². The fraction of sp³-hybridized carbons (Fsp3) is 0.286. The van der Waals surface area contributed by atoms with E-state index in [1.807, 2.05) is 12.1 Å². The molecule has 0 fully saturated rings. The lowest BCUT2D eigenvalue weighted by Crippen LogP contribution is -2.12. The number of halogens is 1. The van der Waals surface area contributed by atoms with Crippen molar-refractivity contribution in [3.63, 3.8) is 0 Å². The molecule has 0 spiro atoms. The van der Waals surface area contributed by atoms with Crippen LogP contribution >= 0.6 is 22.6 Å². The molecule has 2 rings (SSSR count). The Morgan fingerprint density at radius 3 is 2.75 bits per heavy atom. The molecule has 1 heterocycles. The molecule has 20 heavy (non-hydrogen) atoms. The Bertz CT molecular complexity index is 566. The summed E-state index contributed by atoms with van der Waals surface area (Å²) in [7, 11) is 0. The number of rotatable bonds is 6. The van der Waals surface area contributed by atoms with Crippen LogP contribution < -0.4 is 10.1 Å². The van der Waals surface area contributed by atoms with Crippen molar-refractivity contribution in [3.8, 4) is 5.75 Å². The molecule has 0 unspecified atom stereocenters. The lowest BCUT2D eigenvalue weighted by molar-refractivity contribution is 0.102. The molecule has 0 aliphatic rings. The molecule has 0 bridgehead atoms. The molecule has 1 aromatic carbocycles. The lowest BCUT2D eigenvalue weighted by atomic mass is 10.2. The van der Waals surface area contributed by atoms with Gasteiger partial charge in [-0.25, -0.2) is 0 Å². The quantitative estimate of drug-likeness (QED) is 0.469. The molecule has 0 radical (unpaired) electrons. The van der Waals surface area contributed by atoms with Crippen molar-refractivity contribution in [1.29, 1.82) is 0 Å². The molecule has 0 saturated heterocycles. The van der Waals surface area contributed by atoms with Gasteiger partial charge in [0, 0.05) is 10.1 Å². The molecule has 106 valence electrons. The summed E-state index contributed by atoms with van der Waals surface area (Å²) in [6.07, 6.45) is 2.43. The van der Waals surface area contributed by atoms with Crippen LogP contribution in [0.15, 0.2) is 35.0 Å². The summed E-state index contributed by atoms with van der Waals surface area (Å²) in [4.78, 5) is 11.9. The van der Waals surface area contributed by atoms with Gasteiger partial charge in [-0.15, -0.1) is 0 Å². The summed E-state index contributed by atoms with van der Waals surface area (Å²) < 4.78 is 11.5. The van der Waals surface area contributed by atoms with Gasteiger partial charge in [0.2, 0.25) is 0 Å². The highest BCUT2D eigenvalue weighted by Crippen LogP contribution is 2.17. The van der Waals surface area contributed by atoms with E-state index in [2.05, 4.69) is 33.1 Å². The predicted octanol–water partition coefficient (Wildman–Crippen LogP) is 3.44. The van der Waals surface area contributed by atoms with Crippen molar-refractivity contribution in [3.05, 3.63) is 41.8 Å². The lowest BCUT2D eigenvalue weighted by Gasteiger charge is -2.07. The molecule has 2 aromatic rings. The third kappa shape index (κ3) is 3.96. The Kier molecular flexibility index (Phi) is 5.40. The molecular formula is C14H15IN2O3. The Labute approximate surface area is 130 Å². The number of nitrogens with zero attached hydrogens (tertiary/aromatic N) is 1. The van der Waals surface area contributed by atoms with Gasteiger partial charge in [0.05, 0.1) is 12.8 Å². The smallest absolute Gasteiger partial charge is 0.260 e. The molecule has 0 aliphatic heterocycles. The summed E-state index contributed by atoms with van der Waals surface area (Å²) in [5, 5.41) is 6.37. The molecule has 1 N–H and O–H groups in total. The number of ether oxygens (including phenoxy) is 1. The maximum atomic E-state index is 11.9. The molecule has 0 atom stereocenters. The second kappa shape index (κ2) is 7.28. The zero-order chi connectivity index (χ0) is 14.4. The van der Waals surface area contributed by atoms with Crippen LogP contribution in [0.5, 0.6) is 5.75 Å². The monoisotopic (exact) mass is 386 g/mol. The number of aryl methyl sites for hydroxylation is 1. The van der Waals surface area contributed by atoms with Crippen molar-refractivity contribution < 1.29 is 14.1 Å². The Morgan fingerprint density at radius 1 is 1.40 bits per heavy atom. The first-order chi connectivity index (χ1) is 9.70. The Morgan fingerprint density at radius 2 is 2.15 bits per heavy atom. The van der Waals surface area contributed by atoms with Crippen LogP contribution in [-0.4, -0.2) is 22.1 Å². The Balaban J connectivity index is 1.93. The van der Waals surface area contributed by atoms with E-state index >= 15 is 0 Å². The van der Waals surface area contributed by atoms with Crippen molar-refractivity contribution in [2.24, 2.45) is 0 Å². The number of carbonyl (C=O) groups is 1. The fourth-order valence-electron chi connectivity index (χ4n) is 1.59. The van der Waals surface area contributed by atoms with Crippen LogP contribution in [0.1, 0.15) is 22.5 Å². The van der Waals surface area contributed by atoms with Crippen LogP contribution in [0.3, 0.4) is 0 Å². The van der Waals surface area contributed by atoms with Crippen LogP contribution in [-0.2, 0) is 0 Å². The molecule has 1 aromatic heterocycles. The van der Waals surface area contributed by atoms with E-state index in [1.54, 1.807) is 19.1 Å². The maximum absolute atomic E-state index is 11.9. The predicted molar refractivity (Wildman–Crippen MR) is 84.6 cm³/mol. The number of aromatic nitrogens is 1. The number of hydrogen-bond donors (Lipinski definition) is 1. The summed E-state index contributed by atoms with van der Waals surface area (Å²) in [6, 6.07) is 7.28. The first-order valence-corrected chi connectivity index (χ1v) is 7.74. The highest BCUT2D eigenvalue weighted by Gasteiger charge is 2.12. The summed E-state index contributed by atoms with van der Waals surface area (Å²) >= 11 is 2.32. The van der Waals surface area contributed by atoms with Crippen molar-refractivity contribution in [2.45, 2.75) is 13.3 Å². The molecule has 1 amide bonds.